The van der Waals surface area contributed by atoms with E-state index < -0.39 is 0 Å². The van der Waals surface area contributed by atoms with Crippen LogP contribution < -0.4 is 0 Å². The Labute approximate surface area is 60.8 Å². The molecule has 0 radical (unpaired) electrons. The first kappa shape index (κ1) is 8.69. The smallest absolute Gasteiger partial charge is 0.248 e. The molecule has 0 aliphatic carbocycles. The molecule has 9 heavy (non-hydrogen) atoms. The van der Waals surface area contributed by atoms with Crippen molar-refractivity contribution < 1.29 is 4.79 Å². The Morgan fingerprint density at radius 3 is 2.78 bits per heavy atom. The fourth-order valence-corrected chi connectivity index (χ4v) is 0.473. The fraction of sp³-hybridized carbons (Fsp3) is 0.667. The van der Waals surface area contributed by atoms with E-state index in [4.69, 9.17) is 0 Å². The molecule has 0 aromatic heterocycles. The molecule has 0 bridgehead atoms. The summed E-state index contributed by atoms with van der Waals surface area (Å²) in [5.41, 5.74) is 1.23. The van der Waals surface area contributed by atoms with Gasteiger partial charge < -0.3 is 0 Å². The minimum atomic E-state index is -0.0903. The molecule has 0 saturated heterocycles. The van der Waals surface area contributed by atoms with E-state index in [-0.39, 0.29) is 11.8 Å². The van der Waals surface area contributed by atoms with E-state index in [0.29, 0.717) is 0 Å². The van der Waals surface area contributed by atoms with Gasteiger partial charge in [-0.25, -0.2) is 4.99 Å². The van der Waals surface area contributed by atoms with E-state index in [1.54, 1.807) is 0 Å². The molecule has 0 saturated carbocycles. The van der Waals surface area contributed by atoms with Gasteiger partial charge in [0.25, 0.3) is 0 Å². The highest BCUT2D eigenvalue weighted by Crippen LogP contribution is 2.01. The van der Waals surface area contributed by atoms with E-state index in [9.17, 15) is 4.79 Å². The second kappa shape index (κ2) is 4.56. The van der Waals surface area contributed by atoms with Crippen molar-refractivity contribution in [1.82, 2.24) is 0 Å². The molecule has 0 aromatic carbocycles. The highest BCUT2D eigenvalue weighted by Gasteiger charge is 2.06. The van der Waals surface area contributed by atoms with Crippen molar-refractivity contribution in [1.29, 1.82) is 0 Å². The largest absolute Gasteiger partial charge is 0.272 e. The Kier molecular flexibility index (Phi) is 4.40. The molecule has 1 unspecified atom stereocenters. The van der Waals surface area contributed by atoms with Crippen molar-refractivity contribution in [3.8, 4) is 0 Å². The van der Waals surface area contributed by atoms with Crippen LogP contribution in [0.2, 0.25) is 0 Å². The van der Waals surface area contributed by atoms with Gasteiger partial charge >= 0.3 is 0 Å². The average molecular weight is 145 g/mol. The van der Waals surface area contributed by atoms with Crippen LogP contribution in [0.4, 0.5) is 0 Å². The Hall–Kier alpha value is -0.310. The van der Waals surface area contributed by atoms with E-state index in [0.717, 1.165) is 6.42 Å². The molecule has 0 rings (SSSR count). The molecule has 3 heteroatoms. The van der Waals surface area contributed by atoms with Crippen LogP contribution in [-0.4, -0.2) is 11.5 Å². The molecule has 52 valence electrons. The zero-order chi connectivity index (χ0) is 7.28. The maximum Gasteiger partial charge on any atom is 0.248 e. The maximum absolute atomic E-state index is 10.7. The van der Waals surface area contributed by atoms with Gasteiger partial charge in [0.05, 0.1) is 5.55 Å². The number of aliphatic imine (C=N–C) groups is 1. The number of hydrogen-bond donors (Lipinski definition) is 1. The molecule has 2 nitrogen and oxygen atoms in total. The van der Waals surface area contributed by atoms with Gasteiger partial charge in [0.15, 0.2) is 0 Å². The van der Waals surface area contributed by atoms with E-state index in [2.05, 4.69) is 17.6 Å². The van der Waals surface area contributed by atoms with E-state index >= 15 is 0 Å². The third-order valence-corrected chi connectivity index (χ3v) is 1.33. The number of carbonyl (C=O) groups is 1. The van der Waals surface area contributed by atoms with Crippen molar-refractivity contribution in [3.63, 3.8) is 0 Å². The van der Waals surface area contributed by atoms with Gasteiger partial charge in [0, 0.05) is 5.92 Å². The summed E-state index contributed by atoms with van der Waals surface area (Å²) in [6.07, 6.45) is 0.837. The Bertz CT molecular complexity index is 122. The molecular weight excluding hydrogens is 134 g/mol. The number of nitrogens with zero attached hydrogens (tertiary/aromatic N) is 1. The van der Waals surface area contributed by atoms with Gasteiger partial charge in [-0.2, -0.15) is 0 Å². The lowest BCUT2D eigenvalue weighted by molar-refractivity contribution is -0.121. The molecule has 0 N–H and O–H groups in total. The molecular formula is C6H11NOS. The van der Waals surface area contributed by atoms with Gasteiger partial charge in [-0.15, -0.1) is 12.6 Å². The number of hydrogen-bond acceptors (Lipinski definition) is 1. The summed E-state index contributed by atoms with van der Waals surface area (Å²) in [5.74, 6) is -0.0547. The van der Waals surface area contributed by atoms with Crippen LogP contribution in [0.5, 0.6) is 0 Å². The molecule has 0 aliphatic rings. The summed E-state index contributed by atoms with van der Waals surface area (Å²) >= 11 is 3.68. The van der Waals surface area contributed by atoms with Crippen LogP contribution in [0.3, 0.4) is 0 Å². The Balaban J connectivity index is 3.73. The van der Waals surface area contributed by atoms with Gasteiger partial charge in [0.1, 0.15) is 0 Å². The summed E-state index contributed by atoms with van der Waals surface area (Å²) in [5, 5.41) is 0. The highest BCUT2D eigenvalue weighted by molar-refractivity contribution is 7.94. The van der Waals surface area contributed by atoms with Crippen LogP contribution in [0.1, 0.15) is 20.3 Å². The molecule has 1 atom stereocenters. The zero-order valence-corrected chi connectivity index (χ0v) is 6.56. The van der Waals surface area contributed by atoms with Crippen molar-refractivity contribution >= 4 is 24.1 Å². The minimum absolute atomic E-state index is 0.0356. The molecule has 0 spiro atoms. The average Bonchev–Trinajstić information content (AvgIpc) is 1.87. The van der Waals surface area contributed by atoms with Crippen molar-refractivity contribution in [2.75, 3.05) is 0 Å². The normalized spacial score (nSPS) is 14.1. The fourth-order valence-electron chi connectivity index (χ4n) is 0.359. The van der Waals surface area contributed by atoms with Gasteiger partial charge in [0.2, 0.25) is 5.91 Å². The van der Waals surface area contributed by atoms with Gasteiger partial charge in [-0.1, -0.05) is 13.8 Å². The highest BCUT2D eigenvalue weighted by atomic mass is 32.1. The lowest BCUT2D eigenvalue weighted by Crippen LogP contribution is -2.05. The second-order valence-electron chi connectivity index (χ2n) is 1.89. The summed E-state index contributed by atoms with van der Waals surface area (Å²) in [4.78, 5) is 14.2. The maximum atomic E-state index is 10.7. The number of carbonyl (C=O) groups excluding carboxylic acids is 1. The first-order chi connectivity index (χ1) is 4.22. The lowest BCUT2D eigenvalue weighted by Gasteiger charge is -1.98. The minimum Gasteiger partial charge on any atom is -0.272 e. The van der Waals surface area contributed by atoms with Crippen molar-refractivity contribution in [2.45, 2.75) is 20.3 Å². The lowest BCUT2D eigenvalue weighted by atomic mass is 10.1. The number of rotatable bonds is 2. The number of amides is 1. The Morgan fingerprint density at radius 1 is 1.89 bits per heavy atom. The topological polar surface area (TPSA) is 29.4 Å². The van der Waals surface area contributed by atoms with Gasteiger partial charge in [-0.3, -0.25) is 4.79 Å². The third-order valence-electron chi connectivity index (χ3n) is 1.22. The SMILES string of the molecule is CCC(C)C(=O)/N=C/S. The predicted octanol–water partition coefficient (Wildman–Crippen LogP) is 1.52. The van der Waals surface area contributed by atoms with Crippen LogP contribution in [0.15, 0.2) is 4.99 Å². The standard InChI is InChI=1S/C6H11NOS/c1-3-5(2)6(8)7-4-9/h4-5H,3H2,1-2H3,(H,7,8,9). The molecule has 0 heterocycles. The molecule has 0 aliphatic heterocycles. The van der Waals surface area contributed by atoms with Crippen LogP contribution in [0, 0.1) is 5.92 Å². The van der Waals surface area contributed by atoms with Crippen LogP contribution >= 0.6 is 12.6 Å². The predicted molar refractivity (Wildman–Crippen MR) is 41.9 cm³/mol. The third kappa shape index (κ3) is 3.30. The van der Waals surface area contributed by atoms with Crippen LogP contribution in [0.25, 0.3) is 0 Å². The molecule has 0 aromatic rings. The zero-order valence-electron chi connectivity index (χ0n) is 5.66. The molecule has 0 fully saturated rings. The first-order valence-corrected chi connectivity index (χ1v) is 3.44. The van der Waals surface area contributed by atoms with E-state index in [1.807, 2.05) is 13.8 Å². The van der Waals surface area contributed by atoms with Crippen LogP contribution in [-0.2, 0) is 4.79 Å². The first-order valence-electron chi connectivity index (χ1n) is 2.93. The Morgan fingerprint density at radius 2 is 2.44 bits per heavy atom. The molecule has 1 amide bonds. The second-order valence-corrected chi connectivity index (χ2v) is 2.12. The summed E-state index contributed by atoms with van der Waals surface area (Å²) in [7, 11) is 0. The summed E-state index contributed by atoms with van der Waals surface area (Å²) in [6.45, 7) is 3.81. The quantitative estimate of drug-likeness (QED) is 0.356. The van der Waals surface area contributed by atoms with Crippen molar-refractivity contribution in [2.24, 2.45) is 10.9 Å². The number of thiol groups is 1. The monoisotopic (exact) mass is 145 g/mol. The summed E-state index contributed by atoms with van der Waals surface area (Å²) < 4.78 is 0. The summed E-state index contributed by atoms with van der Waals surface area (Å²) in [6, 6.07) is 0. The van der Waals surface area contributed by atoms with Gasteiger partial charge in [-0.05, 0) is 6.42 Å². The van der Waals surface area contributed by atoms with E-state index in [1.165, 1.54) is 5.55 Å². The van der Waals surface area contributed by atoms with Crippen molar-refractivity contribution in [3.05, 3.63) is 0 Å².